The lowest BCUT2D eigenvalue weighted by Gasteiger charge is -2.28. The number of rotatable bonds is 6. The van der Waals surface area contributed by atoms with E-state index in [1.165, 1.54) is 0 Å². The van der Waals surface area contributed by atoms with Gasteiger partial charge in [0.15, 0.2) is 0 Å². The quantitative estimate of drug-likeness (QED) is 0.680. The molecule has 0 unspecified atom stereocenters. The van der Waals surface area contributed by atoms with E-state index >= 15 is 0 Å². The molecule has 0 aromatic heterocycles. The van der Waals surface area contributed by atoms with Gasteiger partial charge in [-0.25, -0.2) is 0 Å². The summed E-state index contributed by atoms with van der Waals surface area (Å²) >= 11 is 0. The van der Waals surface area contributed by atoms with Gasteiger partial charge in [-0.1, -0.05) is 33.6 Å². The van der Waals surface area contributed by atoms with E-state index in [9.17, 15) is 8.42 Å². The largest absolute Gasteiger partial charge is 0.344 e. The third kappa shape index (κ3) is 3.55. The molecule has 0 radical (unpaired) electrons. The minimum absolute atomic E-state index is 0. The van der Waals surface area contributed by atoms with E-state index in [0.717, 1.165) is 12.8 Å². The van der Waals surface area contributed by atoms with Crippen molar-refractivity contribution >= 4 is 10.1 Å². The van der Waals surface area contributed by atoms with E-state index in [4.69, 9.17) is 4.55 Å². The highest BCUT2D eigenvalue weighted by Gasteiger charge is 2.39. The summed E-state index contributed by atoms with van der Waals surface area (Å²) in [5, 5.41) is 0. The Labute approximate surface area is 87.4 Å². The lowest BCUT2D eigenvalue weighted by molar-refractivity contribution is 0.377. The molecular formula is C9H23NO3S. The summed E-state index contributed by atoms with van der Waals surface area (Å²) in [6.07, 6.45) is 3.17. The molecule has 0 saturated carbocycles. The van der Waals surface area contributed by atoms with Gasteiger partial charge in [0, 0.05) is 0 Å². The maximum absolute atomic E-state index is 11.2. The van der Waals surface area contributed by atoms with Crippen LogP contribution in [0.3, 0.4) is 0 Å². The van der Waals surface area contributed by atoms with Gasteiger partial charge in [-0.05, 0) is 19.3 Å². The van der Waals surface area contributed by atoms with Gasteiger partial charge in [-0.3, -0.25) is 4.55 Å². The average Bonchev–Trinajstić information content (AvgIpc) is 2.02. The van der Waals surface area contributed by atoms with Crippen molar-refractivity contribution in [3.63, 3.8) is 0 Å². The summed E-state index contributed by atoms with van der Waals surface area (Å²) in [4.78, 5) is 0. The molecule has 88 valence electrons. The van der Waals surface area contributed by atoms with E-state index in [-0.39, 0.29) is 6.15 Å². The molecule has 0 aromatic carbocycles. The Kier molecular flexibility index (Phi) is 7.42. The maximum Gasteiger partial charge on any atom is 0.270 e. The Morgan fingerprint density at radius 1 is 1.07 bits per heavy atom. The first-order valence-electron chi connectivity index (χ1n) is 4.90. The van der Waals surface area contributed by atoms with Crippen LogP contribution in [0.25, 0.3) is 0 Å². The Morgan fingerprint density at radius 2 is 1.43 bits per heavy atom. The van der Waals surface area contributed by atoms with Gasteiger partial charge in [-0.15, -0.1) is 0 Å². The first-order chi connectivity index (χ1) is 5.93. The maximum atomic E-state index is 11.2. The summed E-state index contributed by atoms with van der Waals surface area (Å²) < 4.78 is 30.7. The molecule has 4 N–H and O–H groups in total. The standard InChI is InChI=1S/C9H20O3S.H3N/c1-4-7-9(6-3,8-5-2)13(10,11)12;/h4-8H2,1-3H3,(H,10,11,12);1H3. The molecule has 0 bridgehead atoms. The van der Waals surface area contributed by atoms with Crippen LogP contribution in [0.4, 0.5) is 0 Å². The Balaban J connectivity index is 0. The summed E-state index contributed by atoms with van der Waals surface area (Å²) in [7, 11) is -3.90. The highest BCUT2D eigenvalue weighted by Crippen LogP contribution is 2.31. The fourth-order valence-corrected chi connectivity index (χ4v) is 3.12. The van der Waals surface area contributed by atoms with Crippen LogP contribution in [0, 0.1) is 0 Å². The molecule has 4 nitrogen and oxygen atoms in total. The first-order valence-corrected chi connectivity index (χ1v) is 6.34. The van der Waals surface area contributed by atoms with E-state index < -0.39 is 14.9 Å². The Morgan fingerprint density at radius 3 is 1.57 bits per heavy atom. The molecular weight excluding hydrogens is 202 g/mol. The molecule has 0 amide bonds. The molecule has 0 spiro atoms. The zero-order valence-corrected chi connectivity index (χ0v) is 10.2. The summed E-state index contributed by atoms with van der Waals surface area (Å²) in [6, 6.07) is 0. The van der Waals surface area contributed by atoms with Crippen LogP contribution in [-0.2, 0) is 10.1 Å². The fourth-order valence-electron chi connectivity index (χ4n) is 1.83. The van der Waals surface area contributed by atoms with Gasteiger partial charge in [0.1, 0.15) is 0 Å². The van der Waals surface area contributed by atoms with Crippen molar-refractivity contribution in [1.82, 2.24) is 6.15 Å². The van der Waals surface area contributed by atoms with Crippen molar-refractivity contribution in [2.24, 2.45) is 0 Å². The molecule has 0 rings (SSSR count). The van der Waals surface area contributed by atoms with Gasteiger partial charge in [0.2, 0.25) is 0 Å². The highest BCUT2D eigenvalue weighted by molar-refractivity contribution is 7.87. The van der Waals surface area contributed by atoms with Crippen LogP contribution in [-0.4, -0.2) is 17.7 Å². The normalized spacial score (nSPS) is 12.3. The van der Waals surface area contributed by atoms with Crippen molar-refractivity contribution < 1.29 is 13.0 Å². The van der Waals surface area contributed by atoms with Gasteiger partial charge >= 0.3 is 0 Å². The molecule has 0 aliphatic rings. The predicted molar refractivity (Wildman–Crippen MR) is 59.4 cm³/mol. The minimum atomic E-state index is -3.90. The van der Waals surface area contributed by atoms with Gasteiger partial charge in [0.25, 0.3) is 10.1 Å². The third-order valence-electron chi connectivity index (χ3n) is 2.60. The zero-order chi connectivity index (χ0) is 10.5. The summed E-state index contributed by atoms with van der Waals surface area (Å²) in [5.74, 6) is 0. The van der Waals surface area contributed by atoms with Crippen LogP contribution in [0.15, 0.2) is 0 Å². The minimum Gasteiger partial charge on any atom is -0.344 e. The van der Waals surface area contributed by atoms with Crippen molar-refractivity contribution in [3.8, 4) is 0 Å². The van der Waals surface area contributed by atoms with E-state index in [1.54, 1.807) is 0 Å². The summed E-state index contributed by atoms with van der Waals surface area (Å²) in [6.45, 7) is 5.69. The van der Waals surface area contributed by atoms with Crippen LogP contribution < -0.4 is 6.15 Å². The topological polar surface area (TPSA) is 89.4 Å². The molecule has 0 saturated heterocycles. The fraction of sp³-hybridized carbons (Fsp3) is 1.00. The van der Waals surface area contributed by atoms with Crippen molar-refractivity contribution in [1.29, 1.82) is 0 Å². The molecule has 0 heterocycles. The molecule has 0 fully saturated rings. The van der Waals surface area contributed by atoms with Gasteiger partial charge in [-0.2, -0.15) is 8.42 Å². The van der Waals surface area contributed by atoms with Crippen LogP contribution in [0.2, 0.25) is 0 Å². The summed E-state index contributed by atoms with van der Waals surface area (Å²) in [5.41, 5.74) is 0. The molecule has 0 atom stereocenters. The Hall–Kier alpha value is -0.130. The van der Waals surface area contributed by atoms with Crippen LogP contribution in [0.5, 0.6) is 0 Å². The third-order valence-corrected chi connectivity index (χ3v) is 4.39. The molecule has 0 aliphatic carbocycles. The average molecular weight is 225 g/mol. The predicted octanol–water partition coefficient (Wildman–Crippen LogP) is 2.79. The second kappa shape index (κ2) is 6.37. The Bertz CT molecular complexity index is 230. The highest BCUT2D eigenvalue weighted by atomic mass is 32.2. The SMILES string of the molecule is CCCC(CC)(CCC)S(=O)(=O)O.N. The number of hydrogen-bond acceptors (Lipinski definition) is 3. The monoisotopic (exact) mass is 225 g/mol. The molecule has 0 aliphatic heterocycles. The molecule has 5 heteroatoms. The lowest BCUT2D eigenvalue weighted by Crippen LogP contribution is -2.37. The van der Waals surface area contributed by atoms with E-state index in [0.29, 0.717) is 19.3 Å². The number of hydrogen-bond donors (Lipinski definition) is 2. The second-order valence-electron chi connectivity index (χ2n) is 3.51. The van der Waals surface area contributed by atoms with Crippen molar-refractivity contribution in [2.75, 3.05) is 0 Å². The van der Waals surface area contributed by atoms with Gasteiger partial charge < -0.3 is 6.15 Å². The van der Waals surface area contributed by atoms with E-state index in [2.05, 4.69) is 0 Å². The smallest absolute Gasteiger partial charge is 0.270 e. The van der Waals surface area contributed by atoms with Crippen LogP contribution in [0.1, 0.15) is 52.9 Å². The van der Waals surface area contributed by atoms with Crippen LogP contribution >= 0.6 is 0 Å². The second-order valence-corrected chi connectivity index (χ2v) is 5.33. The van der Waals surface area contributed by atoms with Crippen molar-refractivity contribution in [3.05, 3.63) is 0 Å². The van der Waals surface area contributed by atoms with Gasteiger partial charge in [0.05, 0.1) is 4.75 Å². The zero-order valence-electron chi connectivity index (χ0n) is 9.41. The first kappa shape index (κ1) is 16.3. The van der Waals surface area contributed by atoms with Crippen molar-refractivity contribution in [2.45, 2.75) is 57.6 Å². The van der Waals surface area contributed by atoms with E-state index in [1.807, 2.05) is 20.8 Å². The molecule has 0 aromatic rings. The molecule has 14 heavy (non-hydrogen) atoms. The lowest BCUT2D eigenvalue weighted by atomic mass is 9.94.